The second kappa shape index (κ2) is 6.09. The Morgan fingerprint density at radius 2 is 1.75 bits per heavy atom. The maximum atomic E-state index is 12.6. The van der Waals surface area contributed by atoms with E-state index in [4.69, 9.17) is 23.2 Å². The second-order valence-corrected chi connectivity index (χ2v) is 6.68. The molecule has 1 aromatic carbocycles. The molecule has 0 aliphatic rings. The van der Waals surface area contributed by atoms with E-state index in [2.05, 4.69) is 4.72 Å². The van der Waals surface area contributed by atoms with Crippen molar-refractivity contribution in [1.29, 1.82) is 0 Å². The lowest BCUT2D eigenvalue weighted by Crippen LogP contribution is -2.49. The van der Waals surface area contributed by atoms with Gasteiger partial charge in [0, 0.05) is 11.8 Å². The van der Waals surface area contributed by atoms with Gasteiger partial charge in [0.25, 0.3) is 0 Å². The van der Waals surface area contributed by atoms with Crippen molar-refractivity contribution < 1.29 is 21.6 Å². The van der Waals surface area contributed by atoms with Gasteiger partial charge in [-0.05, 0) is 25.1 Å². The van der Waals surface area contributed by atoms with Crippen LogP contribution in [0.25, 0.3) is 0 Å². The Morgan fingerprint density at radius 3 is 2.20 bits per heavy atom. The van der Waals surface area contributed by atoms with Crippen LogP contribution in [0.4, 0.5) is 13.2 Å². The van der Waals surface area contributed by atoms with Crippen molar-refractivity contribution in [2.75, 3.05) is 11.8 Å². The Hall–Kier alpha value is -0.500. The van der Waals surface area contributed by atoms with Gasteiger partial charge in [0.1, 0.15) is 0 Å². The van der Waals surface area contributed by atoms with E-state index in [0.717, 1.165) is 18.2 Å². The largest absolute Gasteiger partial charge is 0.416 e. The summed E-state index contributed by atoms with van der Waals surface area (Å²) in [4.78, 5) is -0.492. The quantitative estimate of drug-likeness (QED) is 0.829. The van der Waals surface area contributed by atoms with Gasteiger partial charge >= 0.3 is 6.18 Å². The van der Waals surface area contributed by atoms with Gasteiger partial charge in [-0.15, -0.1) is 23.2 Å². The van der Waals surface area contributed by atoms with Gasteiger partial charge in [-0.3, -0.25) is 0 Å². The highest BCUT2D eigenvalue weighted by Crippen LogP contribution is 2.30. The van der Waals surface area contributed by atoms with Crippen LogP contribution in [0, 0.1) is 0 Å². The Balaban J connectivity index is 3.17. The van der Waals surface area contributed by atoms with E-state index in [9.17, 15) is 21.6 Å². The molecule has 0 spiro atoms. The third-order valence-corrected chi connectivity index (χ3v) is 5.26. The molecule has 0 aliphatic heterocycles. The minimum absolute atomic E-state index is 0.116. The third-order valence-electron chi connectivity index (χ3n) is 2.44. The average Bonchev–Trinajstić information content (AvgIpc) is 2.37. The average molecular weight is 350 g/mol. The van der Waals surface area contributed by atoms with Gasteiger partial charge in [-0.25, -0.2) is 13.1 Å². The van der Waals surface area contributed by atoms with Crippen LogP contribution in [0.2, 0.25) is 0 Å². The van der Waals surface area contributed by atoms with Crippen LogP contribution in [0.15, 0.2) is 29.2 Å². The van der Waals surface area contributed by atoms with E-state index in [1.54, 1.807) is 0 Å². The van der Waals surface area contributed by atoms with Gasteiger partial charge in [-0.2, -0.15) is 13.2 Å². The van der Waals surface area contributed by atoms with Gasteiger partial charge in [0.05, 0.1) is 16.0 Å². The lowest BCUT2D eigenvalue weighted by atomic mass is 10.1. The summed E-state index contributed by atoms with van der Waals surface area (Å²) in [6, 6.07) is 3.45. The predicted octanol–water partition coefficient (Wildman–Crippen LogP) is 3.22. The number of alkyl halides is 5. The Bertz CT molecular complexity index is 571. The van der Waals surface area contributed by atoms with Gasteiger partial charge < -0.3 is 0 Å². The number of benzene rings is 1. The first kappa shape index (κ1) is 17.6. The summed E-state index contributed by atoms with van der Waals surface area (Å²) in [6.07, 6.45) is -4.62. The summed E-state index contributed by atoms with van der Waals surface area (Å²) in [5.41, 5.74) is -2.19. The lowest BCUT2D eigenvalue weighted by molar-refractivity contribution is -0.137. The summed E-state index contributed by atoms with van der Waals surface area (Å²) in [5, 5.41) is 0. The van der Waals surface area contributed by atoms with E-state index in [0.29, 0.717) is 6.07 Å². The smallest absolute Gasteiger partial charge is 0.207 e. The maximum Gasteiger partial charge on any atom is 0.416 e. The van der Waals surface area contributed by atoms with Crippen LogP contribution in [-0.4, -0.2) is 25.7 Å². The summed E-state index contributed by atoms with van der Waals surface area (Å²) >= 11 is 11.2. The fourth-order valence-corrected chi connectivity index (χ4v) is 3.34. The maximum absolute atomic E-state index is 12.6. The normalized spacial score (nSPS) is 13.5. The van der Waals surface area contributed by atoms with Crippen LogP contribution in [0.5, 0.6) is 0 Å². The number of nitrogens with one attached hydrogen (secondary N) is 1. The number of hydrogen-bond donors (Lipinski definition) is 1. The first-order valence-corrected chi connectivity index (χ1v) is 7.92. The summed E-state index contributed by atoms with van der Waals surface area (Å²) in [7, 11) is -4.14. The molecular weight excluding hydrogens is 338 g/mol. The van der Waals surface area contributed by atoms with E-state index >= 15 is 0 Å². The highest BCUT2D eigenvalue weighted by atomic mass is 35.5. The van der Waals surface area contributed by atoms with E-state index < -0.39 is 32.2 Å². The molecule has 0 aromatic heterocycles. The molecule has 114 valence electrons. The molecule has 0 saturated carbocycles. The highest BCUT2D eigenvalue weighted by Gasteiger charge is 2.33. The molecule has 0 radical (unpaired) electrons. The zero-order chi connectivity index (χ0) is 15.6. The van der Waals surface area contributed by atoms with Crippen LogP contribution in [0.1, 0.15) is 12.5 Å². The molecule has 0 fully saturated rings. The van der Waals surface area contributed by atoms with Crippen molar-refractivity contribution in [3.8, 4) is 0 Å². The first-order chi connectivity index (χ1) is 9.04. The first-order valence-electron chi connectivity index (χ1n) is 5.37. The molecule has 0 saturated heterocycles. The molecule has 20 heavy (non-hydrogen) atoms. The zero-order valence-electron chi connectivity index (χ0n) is 10.3. The fourth-order valence-electron chi connectivity index (χ4n) is 1.31. The van der Waals surface area contributed by atoms with Crippen molar-refractivity contribution in [3.05, 3.63) is 29.8 Å². The van der Waals surface area contributed by atoms with Gasteiger partial charge in [0.2, 0.25) is 10.0 Å². The molecule has 0 aliphatic carbocycles. The van der Waals surface area contributed by atoms with E-state index in [-0.39, 0.29) is 11.8 Å². The summed E-state index contributed by atoms with van der Waals surface area (Å²) in [5.74, 6) is -0.233. The van der Waals surface area contributed by atoms with Gasteiger partial charge in [-0.1, -0.05) is 6.07 Å². The molecule has 0 heterocycles. The third kappa shape index (κ3) is 4.25. The number of halogens is 5. The highest BCUT2D eigenvalue weighted by molar-refractivity contribution is 7.89. The number of hydrogen-bond acceptors (Lipinski definition) is 2. The van der Waals surface area contributed by atoms with Crippen molar-refractivity contribution in [2.45, 2.75) is 23.5 Å². The number of rotatable bonds is 5. The summed E-state index contributed by atoms with van der Waals surface area (Å²) < 4.78 is 64.0. The monoisotopic (exact) mass is 349 g/mol. The molecule has 0 amide bonds. The van der Waals surface area contributed by atoms with E-state index in [1.165, 1.54) is 6.92 Å². The van der Waals surface area contributed by atoms with E-state index in [1.807, 2.05) is 0 Å². The van der Waals surface area contributed by atoms with Crippen molar-refractivity contribution >= 4 is 33.2 Å². The van der Waals surface area contributed by atoms with Crippen molar-refractivity contribution in [1.82, 2.24) is 4.72 Å². The van der Waals surface area contributed by atoms with Crippen molar-refractivity contribution in [3.63, 3.8) is 0 Å². The van der Waals surface area contributed by atoms with Crippen LogP contribution < -0.4 is 4.72 Å². The SMILES string of the molecule is CC(CCl)(CCl)NS(=O)(=O)c1cccc(C(F)(F)F)c1. The Labute approximate surface area is 125 Å². The topological polar surface area (TPSA) is 46.2 Å². The molecule has 1 aromatic rings. The standard InChI is InChI=1S/C11H12Cl2F3NO2S/c1-10(6-12,7-13)17-20(18,19)9-4-2-3-8(5-9)11(14,15)16/h2-5,17H,6-7H2,1H3. The van der Waals surface area contributed by atoms with Crippen LogP contribution in [-0.2, 0) is 16.2 Å². The molecule has 1 N–H and O–H groups in total. The number of sulfonamides is 1. The lowest BCUT2D eigenvalue weighted by Gasteiger charge is -2.25. The fraction of sp³-hybridized carbons (Fsp3) is 0.455. The predicted molar refractivity (Wildman–Crippen MR) is 71.6 cm³/mol. The molecule has 3 nitrogen and oxygen atoms in total. The molecular formula is C11H12Cl2F3NO2S. The van der Waals surface area contributed by atoms with Crippen LogP contribution in [0.3, 0.4) is 0 Å². The zero-order valence-corrected chi connectivity index (χ0v) is 12.7. The minimum atomic E-state index is -4.62. The van der Waals surface area contributed by atoms with Gasteiger partial charge in [0.15, 0.2) is 0 Å². The molecule has 1 rings (SSSR count). The Morgan fingerprint density at radius 1 is 1.20 bits per heavy atom. The van der Waals surface area contributed by atoms with Crippen LogP contribution >= 0.6 is 23.2 Å². The Kier molecular flexibility index (Phi) is 5.34. The second-order valence-electron chi connectivity index (χ2n) is 4.46. The molecule has 0 unspecified atom stereocenters. The molecule has 0 atom stereocenters. The molecule has 9 heteroatoms. The summed E-state index contributed by atoms with van der Waals surface area (Å²) in [6.45, 7) is 1.46. The van der Waals surface area contributed by atoms with Crippen molar-refractivity contribution in [2.24, 2.45) is 0 Å². The minimum Gasteiger partial charge on any atom is -0.207 e. The molecule has 0 bridgehead atoms.